The number of hydrogen-bond acceptors (Lipinski definition) is 4. The maximum Gasteiger partial charge on any atom is 0.272 e. The number of halogens is 6. The lowest BCUT2D eigenvalue weighted by molar-refractivity contribution is -0.385. The molecule has 0 saturated carbocycles. The number of rotatable bonds is 1. The highest BCUT2D eigenvalue weighted by Gasteiger charge is 2.48. The maximum absolute atomic E-state index is 11.0. The van der Waals surface area contributed by atoms with E-state index in [1.807, 2.05) is 0 Å². The van der Waals surface area contributed by atoms with Crippen LogP contribution in [0.4, 0.5) is 5.69 Å². The molecule has 1 aromatic carbocycles. The third kappa shape index (κ3) is 3.78. The zero-order chi connectivity index (χ0) is 16.9. The Hall–Kier alpha value is 0.120. The van der Waals surface area contributed by atoms with E-state index < -0.39 is 24.9 Å². The van der Waals surface area contributed by atoms with Crippen LogP contribution in [0.5, 0.6) is 5.75 Å². The van der Waals surface area contributed by atoms with Crippen molar-refractivity contribution in [2.24, 2.45) is 0 Å². The topological polar surface area (TPSA) is 61.6 Å². The third-order valence-corrected chi connectivity index (χ3v) is 3.99. The lowest BCUT2D eigenvalue weighted by atomic mass is 10.0. The van der Waals surface area contributed by atoms with Gasteiger partial charge in [-0.15, -0.1) is 0 Å². The van der Waals surface area contributed by atoms with Crippen LogP contribution in [0.25, 0.3) is 0 Å². The van der Waals surface area contributed by atoms with Crippen LogP contribution < -0.4 is 4.74 Å². The van der Waals surface area contributed by atoms with E-state index in [9.17, 15) is 10.1 Å². The first-order chi connectivity index (χ1) is 9.91. The SMILES string of the molecule is Cc1cc2c(cc1[N+](=O)[O-])[C@H](C(Cl)(Cl)Cl)O[C@@H](C(Cl)(Cl)Cl)O2. The summed E-state index contributed by atoms with van der Waals surface area (Å²) in [5.41, 5.74) is 0.358. The van der Waals surface area contributed by atoms with Gasteiger partial charge in [-0.3, -0.25) is 10.1 Å². The van der Waals surface area contributed by atoms with Crippen LogP contribution in [0.3, 0.4) is 0 Å². The summed E-state index contributed by atoms with van der Waals surface area (Å²) in [4.78, 5) is 10.5. The summed E-state index contributed by atoms with van der Waals surface area (Å²) in [6, 6.07) is 2.62. The summed E-state index contributed by atoms with van der Waals surface area (Å²) in [6.45, 7) is 1.53. The fourth-order valence-electron chi connectivity index (χ4n) is 1.93. The largest absolute Gasteiger partial charge is 0.460 e. The van der Waals surface area contributed by atoms with Crippen LogP contribution in [-0.4, -0.2) is 18.8 Å². The molecule has 1 aliphatic heterocycles. The van der Waals surface area contributed by atoms with Crippen molar-refractivity contribution in [3.05, 3.63) is 33.4 Å². The van der Waals surface area contributed by atoms with Crippen LogP contribution in [-0.2, 0) is 4.74 Å². The zero-order valence-electron chi connectivity index (χ0n) is 10.7. The Kier molecular flexibility index (Phi) is 5.21. The first-order valence-corrected chi connectivity index (χ1v) is 7.92. The van der Waals surface area contributed by atoms with Crippen molar-refractivity contribution in [1.82, 2.24) is 0 Å². The van der Waals surface area contributed by atoms with E-state index in [0.29, 0.717) is 5.56 Å². The number of aryl methyl sites for hydroxylation is 1. The average molecular weight is 430 g/mol. The Morgan fingerprint density at radius 1 is 1.14 bits per heavy atom. The molecule has 11 heteroatoms. The van der Waals surface area contributed by atoms with Crippen molar-refractivity contribution in [2.45, 2.75) is 26.9 Å². The molecule has 22 heavy (non-hydrogen) atoms. The molecule has 1 aromatic rings. The average Bonchev–Trinajstić information content (AvgIpc) is 2.33. The Labute approximate surface area is 155 Å². The molecule has 0 aromatic heterocycles. The van der Waals surface area contributed by atoms with E-state index in [-0.39, 0.29) is 17.0 Å². The van der Waals surface area contributed by atoms with Gasteiger partial charge in [0, 0.05) is 17.2 Å². The lowest BCUT2D eigenvalue weighted by Gasteiger charge is -2.38. The van der Waals surface area contributed by atoms with E-state index in [1.165, 1.54) is 19.1 Å². The number of nitro benzene ring substituents is 1. The van der Waals surface area contributed by atoms with Crippen molar-refractivity contribution < 1.29 is 14.4 Å². The fourth-order valence-corrected chi connectivity index (χ4v) is 2.72. The molecule has 0 unspecified atom stereocenters. The second-order valence-corrected chi connectivity index (χ2v) is 9.22. The van der Waals surface area contributed by atoms with Gasteiger partial charge in [-0.25, -0.2) is 0 Å². The van der Waals surface area contributed by atoms with Crippen molar-refractivity contribution in [2.75, 3.05) is 0 Å². The zero-order valence-corrected chi connectivity index (χ0v) is 15.2. The predicted octanol–water partition coefficient (Wildman–Crippen LogP) is 5.42. The molecule has 0 bridgehead atoms. The minimum absolute atomic E-state index is 0.169. The van der Waals surface area contributed by atoms with Crippen LogP contribution in [0.2, 0.25) is 0 Å². The quantitative estimate of drug-likeness (QED) is 0.339. The van der Waals surface area contributed by atoms with Crippen LogP contribution in [0.1, 0.15) is 17.2 Å². The number of nitrogens with zero attached hydrogens (tertiary/aromatic N) is 1. The molecular formula is C11H7Cl6NO4. The summed E-state index contributed by atoms with van der Waals surface area (Å²) in [5.74, 6) is 0.182. The molecule has 2 rings (SSSR count). The van der Waals surface area contributed by atoms with Gasteiger partial charge < -0.3 is 9.47 Å². The normalized spacial score (nSPS) is 22.0. The number of alkyl halides is 6. The molecule has 0 aliphatic carbocycles. The lowest BCUT2D eigenvalue weighted by Crippen LogP contribution is -2.42. The minimum Gasteiger partial charge on any atom is -0.460 e. The van der Waals surface area contributed by atoms with Gasteiger partial charge in [0.15, 0.2) is 0 Å². The monoisotopic (exact) mass is 427 g/mol. The summed E-state index contributed by atoms with van der Waals surface area (Å²) in [6.07, 6.45) is -2.55. The summed E-state index contributed by atoms with van der Waals surface area (Å²) in [5, 5.41) is 11.0. The Morgan fingerprint density at radius 2 is 1.73 bits per heavy atom. The highest BCUT2D eigenvalue weighted by atomic mass is 35.6. The molecule has 0 radical (unpaired) electrons. The highest BCUT2D eigenvalue weighted by Crippen LogP contribution is 2.52. The second kappa shape index (κ2) is 6.20. The van der Waals surface area contributed by atoms with Gasteiger partial charge in [-0.2, -0.15) is 0 Å². The van der Waals surface area contributed by atoms with Gasteiger partial charge in [0.05, 0.1) is 4.92 Å². The van der Waals surface area contributed by atoms with Gasteiger partial charge in [0.25, 0.3) is 9.48 Å². The molecule has 5 nitrogen and oxygen atoms in total. The molecule has 0 saturated heterocycles. The Bertz CT molecular complexity index is 612. The molecule has 1 aliphatic rings. The van der Waals surface area contributed by atoms with E-state index in [1.54, 1.807) is 0 Å². The van der Waals surface area contributed by atoms with Crippen molar-refractivity contribution in [1.29, 1.82) is 0 Å². The number of hydrogen-bond donors (Lipinski definition) is 0. The molecular weight excluding hydrogens is 423 g/mol. The summed E-state index contributed by atoms with van der Waals surface area (Å²) in [7, 11) is 0. The van der Waals surface area contributed by atoms with Gasteiger partial charge in [0.2, 0.25) is 10.1 Å². The van der Waals surface area contributed by atoms with Crippen LogP contribution in [0, 0.1) is 17.0 Å². The molecule has 1 heterocycles. The molecule has 122 valence electrons. The van der Waals surface area contributed by atoms with Gasteiger partial charge >= 0.3 is 0 Å². The number of fused-ring (bicyclic) bond motifs is 1. The first-order valence-electron chi connectivity index (χ1n) is 5.65. The molecule has 0 spiro atoms. The third-order valence-electron chi connectivity index (χ3n) is 2.87. The molecule has 0 N–H and O–H groups in total. The molecule has 0 amide bonds. The summed E-state index contributed by atoms with van der Waals surface area (Å²) >= 11 is 34.9. The van der Waals surface area contributed by atoms with E-state index in [2.05, 4.69) is 0 Å². The number of ether oxygens (including phenoxy) is 2. The van der Waals surface area contributed by atoms with Gasteiger partial charge in [-0.1, -0.05) is 69.6 Å². The van der Waals surface area contributed by atoms with Gasteiger partial charge in [-0.05, 0) is 13.0 Å². The fraction of sp³-hybridized carbons (Fsp3) is 0.455. The standard InChI is InChI=1S/C11H7Cl6NO4/c1-4-2-7-5(3-6(4)18(19)20)8(10(12,13)14)22-9(21-7)11(15,16)17/h2-3,8-9H,1H3/t8-,9+/m1/s1. The van der Waals surface area contributed by atoms with E-state index in [0.717, 1.165) is 0 Å². The number of benzene rings is 1. The maximum atomic E-state index is 11.0. The van der Waals surface area contributed by atoms with Crippen LogP contribution in [0.15, 0.2) is 12.1 Å². The predicted molar refractivity (Wildman–Crippen MR) is 86.7 cm³/mol. The second-order valence-electron chi connectivity index (χ2n) is 4.48. The van der Waals surface area contributed by atoms with Crippen LogP contribution >= 0.6 is 69.6 Å². The number of nitro groups is 1. The smallest absolute Gasteiger partial charge is 0.272 e. The highest BCUT2D eigenvalue weighted by molar-refractivity contribution is 6.68. The summed E-state index contributed by atoms with van der Waals surface area (Å²) < 4.78 is 6.91. The minimum atomic E-state index is -1.95. The molecule has 0 fully saturated rings. The Balaban J connectivity index is 2.59. The van der Waals surface area contributed by atoms with Crippen molar-refractivity contribution in [3.63, 3.8) is 0 Å². The van der Waals surface area contributed by atoms with E-state index in [4.69, 9.17) is 79.1 Å². The molecule has 2 atom stereocenters. The van der Waals surface area contributed by atoms with Crippen molar-refractivity contribution in [3.8, 4) is 5.75 Å². The first kappa shape index (κ1) is 18.5. The Morgan fingerprint density at radius 3 is 2.18 bits per heavy atom. The van der Waals surface area contributed by atoms with E-state index >= 15 is 0 Å². The van der Waals surface area contributed by atoms with Crippen molar-refractivity contribution >= 4 is 75.3 Å². The van der Waals surface area contributed by atoms with Gasteiger partial charge in [0.1, 0.15) is 11.9 Å².